The van der Waals surface area contributed by atoms with Crippen LogP contribution in [-0.4, -0.2) is 6.54 Å². The second-order valence-corrected chi connectivity index (χ2v) is 5.41. The molecular formula is C16H17BrFNO. The van der Waals surface area contributed by atoms with Crippen molar-refractivity contribution in [3.63, 3.8) is 0 Å². The van der Waals surface area contributed by atoms with Gasteiger partial charge >= 0.3 is 0 Å². The van der Waals surface area contributed by atoms with Crippen LogP contribution in [0, 0.1) is 5.82 Å². The van der Waals surface area contributed by atoms with E-state index in [-0.39, 0.29) is 17.6 Å². The Hall–Kier alpha value is -1.39. The van der Waals surface area contributed by atoms with Crippen molar-refractivity contribution in [2.75, 3.05) is 6.54 Å². The smallest absolute Gasteiger partial charge is 0.165 e. The fraction of sp³-hybridized carbons (Fsp3) is 0.250. The molecule has 0 saturated heterocycles. The van der Waals surface area contributed by atoms with E-state index in [2.05, 4.69) is 28.2 Å². The lowest BCUT2D eigenvalue weighted by molar-refractivity contribution is 0.430. The molecule has 2 nitrogen and oxygen atoms in total. The average Bonchev–Trinajstić information content (AvgIpc) is 2.44. The summed E-state index contributed by atoms with van der Waals surface area (Å²) in [4.78, 5) is 0. The van der Waals surface area contributed by atoms with Crippen LogP contribution in [0.5, 0.6) is 11.5 Å². The zero-order chi connectivity index (χ0) is 14.5. The topological polar surface area (TPSA) is 21.3 Å². The molecule has 20 heavy (non-hydrogen) atoms. The summed E-state index contributed by atoms with van der Waals surface area (Å²) in [6.45, 7) is 4.97. The Morgan fingerprint density at radius 1 is 1.20 bits per heavy atom. The zero-order valence-corrected chi connectivity index (χ0v) is 13.1. The molecule has 0 fully saturated rings. The molecule has 0 saturated carbocycles. The van der Waals surface area contributed by atoms with Gasteiger partial charge in [-0.05, 0) is 37.7 Å². The minimum absolute atomic E-state index is 0.145. The highest BCUT2D eigenvalue weighted by atomic mass is 79.9. The van der Waals surface area contributed by atoms with Crippen molar-refractivity contribution >= 4 is 15.9 Å². The predicted molar refractivity (Wildman–Crippen MR) is 82.7 cm³/mol. The summed E-state index contributed by atoms with van der Waals surface area (Å²) in [7, 11) is 0. The molecule has 2 rings (SSSR count). The molecule has 0 aliphatic heterocycles. The molecule has 0 radical (unpaired) electrons. The van der Waals surface area contributed by atoms with Crippen LogP contribution in [0.4, 0.5) is 4.39 Å². The maximum atomic E-state index is 13.8. The van der Waals surface area contributed by atoms with E-state index in [1.807, 2.05) is 31.2 Å². The number of benzene rings is 2. The highest BCUT2D eigenvalue weighted by molar-refractivity contribution is 9.10. The normalized spacial score (nSPS) is 12.2. The number of nitrogens with one attached hydrogen (secondary N) is 1. The van der Waals surface area contributed by atoms with Gasteiger partial charge in [0, 0.05) is 16.1 Å². The van der Waals surface area contributed by atoms with E-state index < -0.39 is 0 Å². The molecule has 1 N–H and O–H groups in total. The van der Waals surface area contributed by atoms with Gasteiger partial charge in [-0.2, -0.15) is 0 Å². The predicted octanol–water partition coefficient (Wildman–Crippen LogP) is 5.05. The first-order valence-electron chi connectivity index (χ1n) is 6.57. The molecule has 0 bridgehead atoms. The maximum absolute atomic E-state index is 13.8. The van der Waals surface area contributed by atoms with E-state index in [0.717, 1.165) is 16.6 Å². The van der Waals surface area contributed by atoms with Crippen LogP contribution >= 0.6 is 15.9 Å². The highest BCUT2D eigenvalue weighted by Crippen LogP contribution is 2.32. The number of halogens is 2. The first kappa shape index (κ1) is 15.0. The van der Waals surface area contributed by atoms with Crippen molar-refractivity contribution in [1.29, 1.82) is 0 Å². The molecule has 0 aliphatic rings. The largest absolute Gasteiger partial charge is 0.454 e. The van der Waals surface area contributed by atoms with Crippen LogP contribution in [0.2, 0.25) is 0 Å². The monoisotopic (exact) mass is 337 g/mol. The Balaban J connectivity index is 2.31. The third kappa shape index (κ3) is 3.58. The highest BCUT2D eigenvalue weighted by Gasteiger charge is 2.13. The second kappa shape index (κ2) is 6.86. The summed E-state index contributed by atoms with van der Waals surface area (Å²) in [5.41, 5.74) is 1.01. The first-order valence-corrected chi connectivity index (χ1v) is 7.36. The molecule has 0 spiro atoms. The maximum Gasteiger partial charge on any atom is 0.165 e. The third-order valence-electron chi connectivity index (χ3n) is 3.01. The van der Waals surface area contributed by atoms with Crippen LogP contribution < -0.4 is 10.1 Å². The Bertz CT molecular complexity index is 588. The quantitative estimate of drug-likeness (QED) is 0.824. The molecule has 4 heteroatoms. The van der Waals surface area contributed by atoms with E-state index in [1.54, 1.807) is 12.1 Å². The van der Waals surface area contributed by atoms with E-state index in [0.29, 0.717) is 5.75 Å². The lowest BCUT2D eigenvalue weighted by atomic mass is 10.1. The Kier molecular flexibility index (Phi) is 5.15. The van der Waals surface area contributed by atoms with E-state index in [9.17, 15) is 4.39 Å². The molecule has 106 valence electrons. The molecule has 0 aromatic heterocycles. The Morgan fingerprint density at radius 3 is 2.70 bits per heavy atom. The summed E-state index contributed by atoms with van der Waals surface area (Å²) in [5.74, 6) is 0.507. The van der Waals surface area contributed by atoms with Crippen molar-refractivity contribution in [1.82, 2.24) is 5.32 Å². The van der Waals surface area contributed by atoms with Crippen LogP contribution in [0.1, 0.15) is 25.5 Å². The van der Waals surface area contributed by atoms with E-state index in [1.165, 1.54) is 6.07 Å². The van der Waals surface area contributed by atoms with Gasteiger partial charge in [-0.3, -0.25) is 0 Å². The molecule has 2 aromatic carbocycles. The number of rotatable bonds is 5. The number of ether oxygens (including phenoxy) is 1. The van der Waals surface area contributed by atoms with Crippen LogP contribution in [0.3, 0.4) is 0 Å². The van der Waals surface area contributed by atoms with Gasteiger partial charge in [-0.25, -0.2) is 4.39 Å². The summed E-state index contributed by atoms with van der Waals surface area (Å²) < 4.78 is 20.3. The van der Waals surface area contributed by atoms with Crippen molar-refractivity contribution < 1.29 is 9.13 Å². The fourth-order valence-electron chi connectivity index (χ4n) is 2.02. The molecule has 0 heterocycles. The summed E-state index contributed by atoms with van der Waals surface area (Å²) in [6, 6.07) is 12.5. The van der Waals surface area contributed by atoms with Crippen molar-refractivity contribution in [3.05, 3.63) is 58.3 Å². The third-order valence-corrected chi connectivity index (χ3v) is 3.50. The van der Waals surface area contributed by atoms with Gasteiger partial charge in [0.1, 0.15) is 5.75 Å². The molecule has 1 unspecified atom stereocenters. The number of hydrogen-bond acceptors (Lipinski definition) is 2. The lowest BCUT2D eigenvalue weighted by Gasteiger charge is -2.17. The van der Waals surface area contributed by atoms with Crippen molar-refractivity contribution in [2.24, 2.45) is 0 Å². The first-order chi connectivity index (χ1) is 9.61. The second-order valence-electron chi connectivity index (χ2n) is 4.49. The average molecular weight is 338 g/mol. The van der Waals surface area contributed by atoms with E-state index >= 15 is 0 Å². The van der Waals surface area contributed by atoms with Crippen molar-refractivity contribution in [2.45, 2.75) is 19.9 Å². The van der Waals surface area contributed by atoms with Gasteiger partial charge in [-0.15, -0.1) is 0 Å². The molecule has 0 aliphatic carbocycles. The molecule has 0 amide bonds. The SMILES string of the molecule is CCNC(C)c1ccccc1Oc1cc(Br)ccc1F. The summed E-state index contributed by atoms with van der Waals surface area (Å²) in [5, 5.41) is 3.33. The molecule has 2 aromatic rings. The lowest BCUT2D eigenvalue weighted by Crippen LogP contribution is -2.18. The van der Waals surface area contributed by atoms with Gasteiger partial charge < -0.3 is 10.1 Å². The Labute approximate surface area is 127 Å². The summed E-state index contributed by atoms with van der Waals surface area (Å²) in [6.07, 6.45) is 0. The van der Waals surface area contributed by atoms with Gasteiger partial charge in [0.05, 0.1) is 0 Å². The van der Waals surface area contributed by atoms with Gasteiger partial charge in [0.25, 0.3) is 0 Å². The minimum atomic E-state index is -0.376. The van der Waals surface area contributed by atoms with Crippen LogP contribution in [-0.2, 0) is 0 Å². The van der Waals surface area contributed by atoms with Crippen LogP contribution in [0.15, 0.2) is 46.9 Å². The minimum Gasteiger partial charge on any atom is -0.454 e. The van der Waals surface area contributed by atoms with Crippen molar-refractivity contribution in [3.8, 4) is 11.5 Å². The van der Waals surface area contributed by atoms with Crippen LogP contribution in [0.25, 0.3) is 0 Å². The summed E-state index contributed by atoms with van der Waals surface area (Å²) >= 11 is 3.32. The van der Waals surface area contributed by atoms with Gasteiger partial charge in [0.2, 0.25) is 0 Å². The number of para-hydroxylation sites is 1. The number of hydrogen-bond donors (Lipinski definition) is 1. The zero-order valence-electron chi connectivity index (χ0n) is 11.5. The fourth-order valence-corrected chi connectivity index (χ4v) is 2.36. The molecule has 1 atom stereocenters. The standard InChI is InChI=1S/C16H17BrFNO/c1-3-19-11(2)13-6-4-5-7-15(13)20-16-10-12(17)8-9-14(16)18/h4-11,19H,3H2,1-2H3. The van der Waals surface area contributed by atoms with Gasteiger partial charge in [0.15, 0.2) is 11.6 Å². The van der Waals surface area contributed by atoms with E-state index in [4.69, 9.17) is 4.74 Å². The Morgan fingerprint density at radius 2 is 1.95 bits per heavy atom. The van der Waals surface area contributed by atoms with Gasteiger partial charge in [-0.1, -0.05) is 41.1 Å². The molecular weight excluding hydrogens is 321 g/mol.